The van der Waals surface area contributed by atoms with Gasteiger partial charge < -0.3 is 15.0 Å². The predicted octanol–water partition coefficient (Wildman–Crippen LogP) is 5.41. The van der Waals surface area contributed by atoms with Gasteiger partial charge in [-0.05, 0) is 55.5 Å². The summed E-state index contributed by atoms with van der Waals surface area (Å²) in [6, 6.07) is 11.3. The van der Waals surface area contributed by atoms with Crippen molar-refractivity contribution in [1.29, 1.82) is 0 Å². The Labute approximate surface area is 241 Å². The third kappa shape index (κ3) is 8.75. The van der Waals surface area contributed by atoms with Crippen molar-refractivity contribution in [2.24, 2.45) is 0 Å². The zero-order valence-electron chi connectivity index (χ0n) is 22.7. The molecule has 11 heteroatoms. The van der Waals surface area contributed by atoms with Gasteiger partial charge in [0.1, 0.15) is 11.8 Å². The van der Waals surface area contributed by atoms with Crippen LogP contribution in [0.15, 0.2) is 42.5 Å². The lowest BCUT2D eigenvalue weighted by molar-refractivity contribution is -0.141. The van der Waals surface area contributed by atoms with E-state index in [1.54, 1.807) is 47.4 Å². The topological polar surface area (TPSA) is 96.0 Å². The molecule has 8 nitrogen and oxygen atoms in total. The van der Waals surface area contributed by atoms with Gasteiger partial charge >= 0.3 is 0 Å². The Morgan fingerprint density at radius 3 is 2.46 bits per heavy atom. The van der Waals surface area contributed by atoms with Crippen LogP contribution in [0.25, 0.3) is 0 Å². The number of anilines is 1. The summed E-state index contributed by atoms with van der Waals surface area (Å²) in [5.41, 5.74) is 1.13. The van der Waals surface area contributed by atoms with E-state index in [2.05, 4.69) is 5.32 Å². The summed E-state index contributed by atoms with van der Waals surface area (Å²) in [5, 5.41) is 4.00. The van der Waals surface area contributed by atoms with Gasteiger partial charge in [-0.15, -0.1) is 0 Å². The molecule has 0 spiro atoms. The number of sulfonamides is 1. The van der Waals surface area contributed by atoms with Crippen molar-refractivity contribution in [1.82, 2.24) is 10.2 Å². The number of methoxy groups -OCH3 is 1. The van der Waals surface area contributed by atoms with E-state index in [1.165, 1.54) is 11.4 Å². The van der Waals surface area contributed by atoms with Gasteiger partial charge in [0.25, 0.3) is 0 Å². The molecule has 39 heavy (non-hydrogen) atoms. The highest BCUT2D eigenvalue weighted by Gasteiger charge is 2.31. The molecule has 2 aromatic rings. The Kier molecular flexibility index (Phi) is 11.3. The van der Waals surface area contributed by atoms with Crippen molar-refractivity contribution in [3.63, 3.8) is 0 Å². The Hall–Kier alpha value is -2.49. The maximum atomic E-state index is 13.6. The lowest BCUT2D eigenvalue weighted by atomic mass is 10.1. The highest BCUT2D eigenvalue weighted by molar-refractivity contribution is 7.92. The minimum Gasteiger partial charge on any atom is -0.497 e. The predicted molar refractivity (Wildman–Crippen MR) is 156 cm³/mol. The van der Waals surface area contributed by atoms with Crippen LogP contribution in [-0.4, -0.2) is 57.1 Å². The standard InChI is InChI=1S/C28H37Cl2N3O5S/c1-4-26(28(35)31-22-9-5-6-10-22)32(19-20-14-15-21(29)17-25(20)30)27(34)13-8-16-33(39(3,36)37)23-11-7-12-24(18-23)38-2/h7,11-12,14-15,17-18,22,26H,4-6,8-10,13,16,19H2,1-3H3,(H,31,35)/t26-/m0/s1. The largest absolute Gasteiger partial charge is 0.497 e. The number of benzene rings is 2. The van der Waals surface area contributed by atoms with Crippen molar-refractivity contribution >= 4 is 50.7 Å². The molecule has 1 saturated carbocycles. The summed E-state index contributed by atoms with van der Waals surface area (Å²) in [6.45, 7) is 2.10. The van der Waals surface area contributed by atoms with Gasteiger partial charge in [0.15, 0.2) is 0 Å². The molecule has 1 aliphatic rings. The van der Waals surface area contributed by atoms with E-state index < -0.39 is 16.1 Å². The molecule has 0 aliphatic heterocycles. The van der Waals surface area contributed by atoms with E-state index in [4.69, 9.17) is 27.9 Å². The minimum atomic E-state index is -3.61. The highest BCUT2D eigenvalue weighted by Crippen LogP contribution is 2.26. The molecule has 2 aromatic carbocycles. The zero-order chi connectivity index (χ0) is 28.6. The van der Waals surface area contributed by atoms with Gasteiger partial charge in [0.05, 0.1) is 19.1 Å². The SMILES string of the molecule is CC[C@@H](C(=O)NC1CCCC1)N(Cc1ccc(Cl)cc1Cl)C(=O)CCCN(c1cccc(OC)c1)S(C)(=O)=O. The zero-order valence-corrected chi connectivity index (χ0v) is 25.0. The summed E-state index contributed by atoms with van der Waals surface area (Å²) >= 11 is 12.5. The molecule has 3 rings (SSSR count). The summed E-state index contributed by atoms with van der Waals surface area (Å²) in [6.07, 6.45) is 5.89. The molecule has 2 amide bonds. The number of carbonyl (C=O) groups is 2. The average molecular weight is 599 g/mol. The molecule has 1 aliphatic carbocycles. The number of halogens is 2. The maximum absolute atomic E-state index is 13.6. The molecule has 1 N–H and O–H groups in total. The lowest BCUT2D eigenvalue weighted by Crippen LogP contribution is -2.51. The van der Waals surface area contributed by atoms with Crippen molar-refractivity contribution < 1.29 is 22.7 Å². The summed E-state index contributed by atoms with van der Waals surface area (Å²) in [7, 11) is -2.10. The van der Waals surface area contributed by atoms with Crippen LogP contribution >= 0.6 is 23.2 Å². The van der Waals surface area contributed by atoms with Crippen LogP contribution in [0.5, 0.6) is 5.75 Å². The number of hydrogen-bond acceptors (Lipinski definition) is 5. The first-order valence-corrected chi connectivity index (χ1v) is 15.8. The Morgan fingerprint density at radius 1 is 1.13 bits per heavy atom. The van der Waals surface area contributed by atoms with Crippen LogP contribution in [-0.2, 0) is 26.2 Å². The van der Waals surface area contributed by atoms with Crippen LogP contribution in [0, 0.1) is 0 Å². The Bertz CT molecular complexity index is 1250. The van der Waals surface area contributed by atoms with Crippen LogP contribution in [0.1, 0.15) is 57.4 Å². The number of hydrogen-bond donors (Lipinski definition) is 1. The van der Waals surface area contributed by atoms with Crippen LogP contribution in [0.3, 0.4) is 0 Å². The van der Waals surface area contributed by atoms with E-state index in [1.807, 2.05) is 6.92 Å². The molecule has 0 saturated heterocycles. The molecule has 0 radical (unpaired) electrons. The highest BCUT2D eigenvalue weighted by atomic mass is 35.5. The third-order valence-corrected chi connectivity index (χ3v) is 8.72. The molecule has 1 fully saturated rings. The van der Waals surface area contributed by atoms with Crippen molar-refractivity contribution in [3.05, 3.63) is 58.1 Å². The first kappa shape index (κ1) is 31.0. The van der Waals surface area contributed by atoms with Gasteiger partial charge in [-0.2, -0.15) is 0 Å². The second-order valence-corrected chi connectivity index (χ2v) is 12.6. The summed E-state index contributed by atoms with van der Waals surface area (Å²) in [4.78, 5) is 28.5. The number of nitrogens with zero attached hydrogens (tertiary/aromatic N) is 2. The molecular formula is C28H37Cl2N3O5S. The van der Waals surface area contributed by atoms with E-state index in [0.717, 1.165) is 31.9 Å². The lowest BCUT2D eigenvalue weighted by Gasteiger charge is -2.32. The maximum Gasteiger partial charge on any atom is 0.243 e. The third-order valence-electron chi connectivity index (χ3n) is 6.94. The number of nitrogens with one attached hydrogen (secondary N) is 1. The fourth-order valence-electron chi connectivity index (χ4n) is 4.89. The van der Waals surface area contributed by atoms with Crippen molar-refractivity contribution in [2.45, 2.75) is 70.5 Å². The number of rotatable bonds is 13. The summed E-state index contributed by atoms with van der Waals surface area (Å²) in [5.74, 6) is 0.0906. The Balaban J connectivity index is 1.79. The monoisotopic (exact) mass is 597 g/mol. The number of amides is 2. The van der Waals surface area contributed by atoms with E-state index in [9.17, 15) is 18.0 Å². The van der Waals surface area contributed by atoms with Gasteiger partial charge in [-0.25, -0.2) is 8.42 Å². The quantitative estimate of drug-likeness (QED) is 0.333. The van der Waals surface area contributed by atoms with Crippen LogP contribution in [0.4, 0.5) is 5.69 Å². The van der Waals surface area contributed by atoms with Gasteiger partial charge in [0.2, 0.25) is 21.8 Å². The van der Waals surface area contributed by atoms with Crippen LogP contribution in [0.2, 0.25) is 10.0 Å². The fourth-order valence-corrected chi connectivity index (χ4v) is 6.32. The Morgan fingerprint density at radius 2 is 1.85 bits per heavy atom. The van der Waals surface area contributed by atoms with Gasteiger partial charge in [-0.1, -0.05) is 55.1 Å². The molecule has 0 bridgehead atoms. The van der Waals surface area contributed by atoms with Crippen molar-refractivity contribution in [3.8, 4) is 5.75 Å². The molecule has 214 valence electrons. The van der Waals surface area contributed by atoms with Crippen LogP contribution < -0.4 is 14.4 Å². The first-order valence-electron chi connectivity index (χ1n) is 13.2. The normalized spacial score (nSPS) is 14.6. The van der Waals surface area contributed by atoms with Gasteiger partial charge in [0, 0.05) is 41.7 Å². The molecule has 0 unspecified atom stereocenters. The van der Waals surface area contributed by atoms with E-state index in [0.29, 0.717) is 33.5 Å². The second kappa shape index (κ2) is 14.2. The van der Waals surface area contributed by atoms with E-state index >= 15 is 0 Å². The molecular weight excluding hydrogens is 561 g/mol. The first-order chi connectivity index (χ1) is 18.5. The minimum absolute atomic E-state index is 0.0500. The smallest absolute Gasteiger partial charge is 0.243 e. The second-order valence-electron chi connectivity index (χ2n) is 9.81. The molecule has 0 aromatic heterocycles. The molecule has 0 heterocycles. The fraction of sp³-hybridized carbons (Fsp3) is 0.500. The number of ether oxygens (including phenoxy) is 1. The molecule has 1 atom stereocenters. The number of carbonyl (C=O) groups excluding carboxylic acids is 2. The van der Waals surface area contributed by atoms with Gasteiger partial charge in [-0.3, -0.25) is 13.9 Å². The van der Waals surface area contributed by atoms with Crippen molar-refractivity contribution in [2.75, 3.05) is 24.2 Å². The average Bonchev–Trinajstić information content (AvgIpc) is 3.40. The summed E-state index contributed by atoms with van der Waals surface area (Å²) < 4.78 is 31.6. The van der Waals surface area contributed by atoms with E-state index in [-0.39, 0.29) is 43.8 Å².